The van der Waals surface area contributed by atoms with Crippen LogP contribution < -0.4 is 34.9 Å². The number of unbranched alkanes of at least 4 members (excludes halogenated alkanes) is 1. The summed E-state index contributed by atoms with van der Waals surface area (Å²) in [6.07, 6.45) is 2.34. The molecular formula is C5H10NNaS2. The molecule has 0 saturated heterocycles. The van der Waals surface area contributed by atoms with Crippen LogP contribution in [0.25, 0.3) is 0 Å². The van der Waals surface area contributed by atoms with Gasteiger partial charge in [-0.25, -0.2) is 0 Å². The van der Waals surface area contributed by atoms with Crippen molar-refractivity contribution >= 4 is 29.2 Å². The molecule has 0 bridgehead atoms. The molecule has 0 heterocycles. The molecule has 0 spiro atoms. The number of thiocarbonyl (C=S) groups is 1. The maximum Gasteiger partial charge on any atom is 1.00 e. The van der Waals surface area contributed by atoms with Gasteiger partial charge in [0.2, 0.25) is 0 Å². The van der Waals surface area contributed by atoms with Gasteiger partial charge in [0.05, 0.1) is 0 Å². The van der Waals surface area contributed by atoms with Gasteiger partial charge in [-0.3, -0.25) is 0 Å². The van der Waals surface area contributed by atoms with Crippen molar-refractivity contribution in [2.24, 2.45) is 0 Å². The Morgan fingerprint density at radius 1 is 1.67 bits per heavy atom. The van der Waals surface area contributed by atoms with Crippen molar-refractivity contribution < 1.29 is 29.6 Å². The fraction of sp³-hybridized carbons (Fsp3) is 0.800. The molecule has 0 aliphatic carbocycles. The molecular weight excluding hydrogens is 161 g/mol. The van der Waals surface area contributed by atoms with Gasteiger partial charge >= 0.3 is 29.6 Å². The summed E-state index contributed by atoms with van der Waals surface area (Å²) < 4.78 is 0.485. The molecule has 1 N–H and O–H groups in total. The van der Waals surface area contributed by atoms with Gasteiger partial charge in [0.15, 0.2) is 0 Å². The first-order valence-electron chi connectivity index (χ1n) is 2.72. The van der Waals surface area contributed by atoms with Crippen molar-refractivity contribution in [2.75, 3.05) is 6.54 Å². The summed E-state index contributed by atoms with van der Waals surface area (Å²) in [6.45, 7) is 3.06. The van der Waals surface area contributed by atoms with Crippen LogP contribution in [0, 0.1) is 0 Å². The van der Waals surface area contributed by atoms with Crippen molar-refractivity contribution in [3.63, 3.8) is 0 Å². The van der Waals surface area contributed by atoms with Gasteiger partial charge < -0.3 is 30.2 Å². The van der Waals surface area contributed by atoms with E-state index in [1.807, 2.05) is 0 Å². The minimum Gasteiger partial charge on any atom is -0.412 e. The third-order valence-electron chi connectivity index (χ3n) is 0.800. The molecule has 0 unspecified atom stereocenters. The van der Waals surface area contributed by atoms with Crippen molar-refractivity contribution in [2.45, 2.75) is 19.8 Å². The maximum atomic E-state index is 4.61. The van der Waals surface area contributed by atoms with Gasteiger partial charge in [-0.15, -0.1) is 0 Å². The van der Waals surface area contributed by atoms with Gasteiger partial charge in [-0.1, -0.05) is 17.7 Å². The first-order chi connectivity index (χ1) is 3.77. The third kappa shape index (κ3) is 12.3. The first-order valence-corrected chi connectivity index (χ1v) is 3.54. The second-order valence-electron chi connectivity index (χ2n) is 1.57. The van der Waals surface area contributed by atoms with E-state index < -0.39 is 0 Å². The van der Waals surface area contributed by atoms with E-state index in [-0.39, 0.29) is 29.6 Å². The summed E-state index contributed by atoms with van der Waals surface area (Å²) in [7, 11) is 0. The summed E-state index contributed by atoms with van der Waals surface area (Å²) in [4.78, 5) is 0. The fourth-order valence-electron chi connectivity index (χ4n) is 0.367. The smallest absolute Gasteiger partial charge is 0.412 e. The van der Waals surface area contributed by atoms with Crippen LogP contribution in [0.15, 0.2) is 0 Å². The molecule has 0 radical (unpaired) electrons. The molecule has 4 heteroatoms. The van der Waals surface area contributed by atoms with E-state index in [9.17, 15) is 0 Å². The van der Waals surface area contributed by atoms with E-state index in [0.29, 0.717) is 4.32 Å². The van der Waals surface area contributed by atoms with E-state index in [2.05, 4.69) is 37.1 Å². The number of nitrogens with one attached hydrogen (secondary N) is 1. The Labute approximate surface area is 89.7 Å². The molecule has 48 valence electrons. The first kappa shape index (κ1) is 12.8. The zero-order valence-corrected chi connectivity index (χ0v) is 9.57. The van der Waals surface area contributed by atoms with Crippen LogP contribution in [0.3, 0.4) is 0 Å². The molecule has 1 nitrogen and oxygen atoms in total. The van der Waals surface area contributed by atoms with Gasteiger partial charge in [0.25, 0.3) is 0 Å². The minimum absolute atomic E-state index is 0. The van der Waals surface area contributed by atoms with Crippen LogP contribution in [0.1, 0.15) is 19.8 Å². The molecule has 0 aliphatic heterocycles. The normalized spacial score (nSPS) is 7.67. The Balaban J connectivity index is 0. The standard InChI is InChI=1S/C5H11NS2.Na/c1-2-3-4-6-5(7)8;/h2-4H2,1H3,(H2,6,7,8);/q;+1/p-1. The molecule has 0 aromatic carbocycles. The largest absolute Gasteiger partial charge is 1.00 e. The molecule has 0 amide bonds. The Hall–Kier alpha value is 1.11. The van der Waals surface area contributed by atoms with Crippen LogP contribution in [0.2, 0.25) is 0 Å². The van der Waals surface area contributed by atoms with Gasteiger partial charge in [-0.2, -0.15) is 0 Å². The Bertz CT molecular complexity index is 77.4. The topological polar surface area (TPSA) is 12.0 Å². The molecule has 0 saturated carbocycles. The second kappa shape index (κ2) is 9.11. The van der Waals surface area contributed by atoms with Crippen molar-refractivity contribution in [3.05, 3.63) is 0 Å². The molecule has 0 fully saturated rings. The van der Waals surface area contributed by atoms with E-state index in [1.54, 1.807) is 0 Å². The number of hydrogen-bond acceptors (Lipinski definition) is 2. The predicted octanol–water partition coefficient (Wildman–Crippen LogP) is -1.79. The van der Waals surface area contributed by atoms with Gasteiger partial charge in [-0.05, 0) is 6.42 Å². The predicted molar refractivity (Wildman–Crippen MR) is 42.9 cm³/mol. The quantitative estimate of drug-likeness (QED) is 0.233. The Kier molecular flexibility index (Phi) is 12.9. The second-order valence-corrected chi connectivity index (χ2v) is 2.64. The molecule has 9 heavy (non-hydrogen) atoms. The van der Waals surface area contributed by atoms with Crippen molar-refractivity contribution in [1.82, 2.24) is 5.32 Å². The summed E-state index contributed by atoms with van der Waals surface area (Å²) in [5, 5.41) is 2.89. The monoisotopic (exact) mass is 171 g/mol. The average Bonchev–Trinajstić information content (AvgIpc) is 1.66. The van der Waals surface area contributed by atoms with E-state index >= 15 is 0 Å². The minimum atomic E-state index is 0. The Morgan fingerprint density at radius 3 is 2.56 bits per heavy atom. The van der Waals surface area contributed by atoms with E-state index in [1.165, 1.54) is 6.42 Å². The van der Waals surface area contributed by atoms with E-state index in [4.69, 9.17) is 0 Å². The number of hydrogen-bond donors (Lipinski definition) is 1. The zero-order valence-electron chi connectivity index (χ0n) is 5.94. The third-order valence-corrected chi connectivity index (χ3v) is 1.09. The van der Waals surface area contributed by atoms with Gasteiger partial charge in [0.1, 0.15) is 0 Å². The summed E-state index contributed by atoms with van der Waals surface area (Å²) in [6, 6.07) is 0. The zero-order chi connectivity index (χ0) is 6.41. The van der Waals surface area contributed by atoms with Crippen molar-refractivity contribution in [1.29, 1.82) is 0 Å². The summed E-state index contributed by atoms with van der Waals surface area (Å²) >= 11 is 9.23. The molecule has 0 aromatic heterocycles. The van der Waals surface area contributed by atoms with Crippen LogP contribution in [0.5, 0.6) is 0 Å². The van der Waals surface area contributed by atoms with Crippen molar-refractivity contribution in [3.8, 4) is 0 Å². The molecule has 0 aromatic rings. The van der Waals surface area contributed by atoms with Crippen LogP contribution >= 0.6 is 12.2 Å². The van der Waals surface area contributed by atoms with E-state index in [0.717, 1.165) is 13.0 Å². The Morgan fingerprint density at radius 2 is 2.22 bits per heavy atom. The van der Waals surface area contributed by atoms with Crippen LogP contribution in [0.4, 0.5) is 0 Å². The number of rotatable bonds is 3. The van der Waals surface area contributed by atoms with Crippen LogP contribution in [-0.4, -0.2) is 10.9 Å². The SMILES string of the molecule is CCCCNC(=S)[S-].[Na+]. The van der Waals surface area contributed by atoms with Crippen LogP contribution in [-0.2, 0) is 12.6 Å². The fourth-order valence-corrected chi connectivity index (χ4v) is 0.571. The summed E-state index contributed by atoms with van der Waals surface area (Å²) in [5.74, 6) is 0. The molecule has 0 rings (SSSR count). The molecule has 0 atom stereocenters. The maximum absolute atomic E-state index is 4.61. The summed E-state index contributed by atoms with van der Waals surface area (Å²) in [5.41, 5.74) is 0. The average molecular weight is 171 g/mol. The molecule has 0 aliphatic rings. The van der Waals surface area contributed by atoms with Gasteiger partial charge in [0, 0.05) is 6.54 Å².